The summed E-state index contributed by atoms with van der Waals surface area (Å²) in [5.41, 5.74) is 0. The van der Waals surface area contributed by atoms with Gasteiger partial charge in [0.05, 0.1) is 0 Å². The van der Waals surface area contributed by atoms with Crippen LogP contribution in [0.25, 0.3) is 0 Å². The Morgan fingerprint density at radius 3 is 2.10 bits per heavy atom. The smallest absolute Gasteiger partial charge is 0.223 e. The zero-order valence-corrected chi connectivity index (χ0v) is 7.01. The van der Waals surface area contributed by atoms with E-state index in [2.05, 4.69) is 11.7 Å². The van der Waals surface area contributed by atoms with Gasteiger partial charge in [0.2, 0.25) is 5.88 Å². The van der Waals surface area contributed by atoms with E-state index in [1.54, 1.807) is 4.90 Å². The summed E-state index contributed by atoms with van der Waals surface area (Å²) in [6.45, 7) is 9.43. The van der Waals surface area contributed by atoms with E-state index >= 15 is 0 Å². The van der Waals surface area contributed by atoms with Crippen molar-refractivity contribution in [3.63, 3.8) is 0 Å². The standard InChI is InChI=1S/C5H8N2O.C2H6/c1-4-6-8-5(2)7(4)3;1-2/h2H2,1,3H3;1-2H3. The SMILES string of the molecule is C=C1ON=C(C)N1C.CC. The van der Waals surface area contributed by atoms with Gasteiger partial charge in [0.15, 0.2) is 0 Å². The highest BCUT2D eigenvalue weighted by Crippen LogP contribution is 2.09. The Bertz CT molecular complexity index is 152. The minimum Gasteiger partial charge on any atom is -0.337 e. The maximum atomic E-state index is 4.70. The van der Waals surface area contributed by atoms with Crippen LogP contribution in [0.1, 0.15) is 20.8 Å². The van der Waals surface area contributed by atoms with Gasteiger partial charge in [0, 0.05) is 7.05 Å². The molecule has 3 nitrogen and oxygen atoms in total. The van der Waals surface area contributed by atoms with Crippen LogP contribution in [0.15, 0.2) is 17.6 Å². The number of rotatable bonds is 0. The largest absolute Gasteiger partial charge is 0.337 e. The molecule has 1 rings (SSSR count). The van der Waals surface area contributed by atoms with Crippen LogP contribution in [0.5, 0.6) is 0 Å². The van der Waals surface area contributed by atoms with Crippen molar-refractivity contribution in [3.8, 4) is 0 Å². The fraction of sp³-hybridized carbons (Fsp3) is 0.571. The molecule has 0 amide bonds. The summed E-state index contributed by atoms with van der Waals surface area (Å²) in [6.07, 6.45) is 0. The maximum absolute atomic E-state index is 4.70. The molecular weight excluding hydrogens is 128 g/mol. The van der Waals surface area contributed by atoms with Crippen molar-refractivity contribution in [3.05, 3.63) is 12.5 Å². The highest BCUT2D eigenvalue weighted by atomic mass is 16.7. The van der Waals surface area contributed by atoms with Crippen molar-refractivity contribution in [2.75, 3.05) is 7.05 Å². The highest BCUT2D eigenvalue weighted by molar-refractivity contribution is 5.81. The molecule has 1 aliphatic rings. The summed E-state index contributed by atoms with van der Waals surface area (Å²) in [4.78, 5) is 6.47. The van der Waals surface area contributed by atoms with Crippen LogP contribution in [-0.2, 0) is 4.84 Å². The van der Waals surface area contributed by atoms with E-state index in [9.17, 15) is 0 Å². The van der Waals surface area contributed by atoms with Crippen LogP contribution in [0, 0.1) is 0 Å². The summed E-state index contributed by atoms with van der Waals surface area (Å²) < 4.78 is 0. The Kier molecular flexibility index (Phi) is 3.54. The Labute approximate surface area is 62.0 Å². The molecule has 0 radical (unpaired) electrons. The Balaban J connectivity index is 0.000000371. The zero-order valence-electron chi connectivity index (χ0n) is 7.01. The molecule has 0 N–H and O–H groups in total. The second kappa shape index (κ2) is 3.93. The van der Waals surface area contributed by atoms with Crippen LogP contribution in [0.3, 0.4) is 0 Å². The van der Waals surface area contributed by atoms with Gasteiger partial charge in [0.1, 0.15) is 5.84 Å². The third-order valence-electron chi connectivity index (χ3n) is 1.14. The second-order valence-corrected chi connectivity index (χ2v) is 1.68. The molecule has 0 saturated heterocycles. The molecule has 0 saturated carbocycles. The van der Waals surface area contributed by atoms with Gasteiger partial charge >= 0.3 is 0 Å². The van der Waals surface area contributed by atoms with Crippen LogP contribution < -0.4 is 0 Å². The lowest BCUT2D eigenvalue weighted by Gasteiger charge is -2.05. The summed E-state index contributed by atoms with van der Waals surface area (Å²) >= 11 is 0. The fourth-order valence-electron chi connectivity index (χ4n) is 0.422. The van der Waals surface area contributed by atoms with E-state index in [1.165, 1.54) is 0 Å². The average Bonchev–Trinajstić information content (AvgIpc) is 2.25. The molecule has 3 heteroatoms. The van der Waals surface area contributed by atoms with E-state index in [0.717, 1.165) is 5.84 Å². The van der Waals surface area contributed by atoms with E-state index in [-0.39, 0.29) is 0 Å². The van der Waals surface area contributed by atoms with Gasteiger partial charge in [-0.3, -0.25) is 4.90 Å². The van der Waals surface area contributed by atoms with E-state index < -0.39 is 0 Å². The van der Waals surface area contributed by atoms with Gasteiger partial charge < -0.3 is 4.84 Å². The molecule has 0 aromatic carbocycles. The van der Waals surface area contributed by atoms with Gasteiger partial charge in [-0.25, -0.2) is 0 Å². The summed E-state index contributed by atoms with van der Waals surface area (Å²) in [7, 11) is 1.86. The first kappa shape index (κ1) is 9.01. The molecule has 1 aliphatic heterocycles. The molecule has 0 aliphatic carbocycles. The predicted molar refractivity (Wildman–Crippen MR) is 42.4 cm³/mol. The monoisotopic (exact) mass is 142 g/mol. The molecule has 0 unspecified atom stereocenters. The Morgan fingerprint density at radius 1 is 1.50 bits per heavy atom. The van der Waals surface area contributed by atoms with Crippen molar-refractivity contribution in [2.45, 2.75) is 20.8 Å². The van der Waals surface area contributed by atoms with Gasteiger partial charge in [0.25, 0.3) is 0 Å². The molecule has 0 bridgehead atoms. The highest BCUT2D eigenvalue weighted by Gasteiger charge is 2.12. The van der Waals surface area contributed by atoms with Crippen molar-refractivity contribution in [2.24, 2.45) is 5.16 Å². The van der Waals surface area contributed by atoms with Crippen molar-refractivity contribution in [1.82, 2.24) is 4.90 Å². The first-order valence-corrected chi connectivity index (χ1v) is 3.36. The molecule has 0 fully saturated rings. The zero-order chi connectivity index (χ0) is 8.15. The van der Waals surface area contributed by atoms with Gasteiger partial charge in [-0.05, 0) is 13.5 Å². The van der Waals surface area contributed by atoms with Crippen molar-refractivity contribution < 1.29 is 4.84 Å². The third-order valence-corrected chi connectivity index (χ3v) is 1.14. The first-order chi connectivity index (χ1) is 4.72. The molecule has 0 atom stereocenters. The molecule has 10 heavy (non-hydrogen) atoms. The molecular formula is C7H14N2O. The lowest BCUT2D eigenvalue weighted by Crippen LogP contribution is -2.16. The Morgan fingerprint density at radius 2 is 2.00 bits per heavy atom. The van der Waals surface area contributed by atoms with E-state index in [0.29, 0.717) is 5.88 Å². The molecule has 1 heterocycles. The van der Waals surface area contributed by atoms with Crippen LogP contribution in [-0.4, -0.2) is 17.8 Å². The van der Waals surface area contributed by atoms with Gasteiger partial charge in [-0.15, -0.1) is 0 Å². The molecule has 0 aromatic heterocycles. The molecule has 0 aromatic rings. The second-order valence-electron chi connectivity index (χ2n) is 1.68. The minimum atomic E-state index is 0.586. The van der Waals surface area contributed by atoms with Gasteiger partial charge in [-0.2, -0.15) is 0 Å². The minimum absolute atomic E-state index is 0.586. The Hall–Kier alpha value is -0.990. The lowest BCUT2D eigenvalue weighted by atomic mass is 10.6. The number of hydrogen-bond acceptors (Lipinski definition) is 3. The summed E-state index contributed by atoms with van der Waals surface area (Å²) in [5.74, 6) is 1.43. The number of oxime groups is 1. The third kappa shape index (κ3) is 1.76. The predicted octanol–water partition coefficient (Wildman–Crippen LogP) is 1.78. The first-order valence-electron chi connectivity index (χ1n) is 3.36. The van der Waals surface area contributed by atoms with Crippen LogP contribution in [0.4, 0.5) is 0 Å². The topological polar surface area (TPSA) is 24.8 Å². The number of hydrogen-bond donors (Lipinski definition) is 0. The van der Waals surface area contributed by atoms with Crippen molar-refractivity contribution in [1.29, 1.82) is 0 Å². The number of nitrogens with zero attached hydrogens (tertiary/aromatic N) is 2. The molecule has 0 spiro atoms. The van der Waals surface area contributed by atoms with Crippen LogP contribution in [0.2, 0.25) is 0 Å². The summed E-state index contributed by atoms with van der Waals surface area (Å²) in [5, 5.41) is 3.64. The van der Waals surface area contributed by atoms with E-state index in [1.807, 2.05) is 27.8 Å². The van der Waals surface area contributed by atoms with Crippen molar-refractivity contribution >= 4 is 5.84 Å². The fourth-order valence-corrected chi connectivity index (χ4v) is 0.422. The van der Waals surface area contributed by atoms with Crippen LogP contribution >= 0.6 is 0 Å². The van der Waals surface area contributed by atoms with E-state index in [4.69, 9.17) is 4.84 Å². The quantitative estimate of drug-likeness (QED) is 0.515. The lowest BCUT2D eigenvalue weighted by molar-refractivity contribution is 0.209. The maximum Gasteiger partial charge on any atom is 0.223 e. The average molecular weight is 142 g/mol. The number of amidine groups is 1. The summed E-state index contributed by atoms with van der Waals surface area (Å²) in [6, 6.07) is 0. The van der Waals surface area contributed by atoms with Gasteiger partial charge in [-0.1, -0.05) is 19.0 Å². The molecule has 58 valence electrons. The normalized spacial score (nSPS) is 15.4.